The molecule has 0 radical (unpaired) electrons. The van der Waals surface area contributed by atoms with Crippen molar-refractivity contribution in [1.82, 2.24) is 10.3 Å². The molecule has 0 aliphatic heterocycles. The zero-order chi connectivity index (χ0) is 15.2. The van der Waals surface area contributed by atoms with E-state index in [-0.39, 0.29) is 0 Å². The molecule has 0 amide bonds. The Morgan fingerprint density at radius 3 is 2.81 bits per heavy atom. The number of benzene rings is 1. The van der Waals surface area contributed by atoms with Crippen LogP contribution in [0.4, 0.5) is 0 Å². The summed E-state index contributed by atoms with van der Waals surface area (Å²) in [5, 5.41) is 3.98. The van der Waals surface area contributed by atoms with Gasteiger partial charge in [0.25, 0.3) is 0 Å². The summed E-state index contributed by atoms with van der Waals surface area (Å²) in [5.74, 6) is 1.86. The zero-order valence-corrected chi connectivity index (χ0v) is 14.4. The van der Waals surface area contributed by atoms with Crippen LogP contribution in [-0.2, 0) is 6.54 Å². The molecule has 1 aromatic carbocycles. The largest absolute Gasteiger partial charge is 0.439 e. The van der Waals surface area contributed by atoms with Crippen molar-refractivity contribution in [2.45, 2.75) is 20.4 Å². The number of pyridine rings is 1. The second-order valence-electron chi connectivity index (χ2n) is 5.16. The Bertz CT molecular complexity index is 605. The van der Waals surface area contributed by atoms with Crippen molar-refractivity contribution < 1.29 is 4.74 Å². The molecule has 112 valence electrons. The summed E-state index contributed by atoms with van der Waals surface area (Å²) < 4.78 is 6.72. The topological polar surface area (TPSA) is 34.2 Å². The van der Waals surface area contributed by atoms with Gasteiger partial charge in [-0.05, 0) is 36.7 Å². The number of hydrogen-bond acceptors (Lipinski definition) is 3. The third kappa shape index (κ3) is 5.30. The van der Waals surface area contributed by atoms with E-state index in [0.717, 1.165) is 22.5 Å². The minimum Gasteiger partial charge on any atom is -0.439 e. The second kappa shape index (κ2) is 7.78. The first-order chi connectivity index (χ1) is 10.0. The fourth-order valence-electron chi connectivity index (χ4n) is 1.78. The Labute approximate surface area is 138 Å². The average molecular weight is 370 g/mol. The smallest absolute Gasteiger partial charge is 0.219 e. The van der Waals surface area contributed by atoms with E-state index in [1.807, 2.05) is 30.3 Å². The van der Waals surface area contributed by atoms with E-state index in [2.05, 4.69) is 40.1 Å². The number of nitrogens with zero attached hydrogens (tertiary/aromatic N) is 1. The van der Waals surface area contributed by atoms with Gasteiger partial charge in [0.1, 0.15) is 5.75 Å². The molecular weight excluding hydrogens is 352 g/mol. The van der Waals surface area contributed by atoms with Crippen molar-refractivity contribution in [3.8, 4) is 11.6 Å². The van der Waals surface area contributed by atoms with E-state index in [1.54, 1.807) is 6.07 Å². The van der Waals surface area contributed by atoms with Gasteiger partial charge in [0.2, 0.25) is 5.88 Å². The second-order valence-corrected chi connectivity index (χ2v) is 6.49. The van der Waals surface area contributed by atoms with Crippen LogP contribution < -0.4 is 10.1 Å². The van der Waals surface area contributed by atoms with Crippen molar-refractivity contribution in [2.24, 2.45) is 5.92 Å². The summed E-state index contributed by atoms with van der Waals surface area (Å²) in [5.41, 5.74) is 0.796. The number of ether oxygens (including phenoxy) is 1. The fourth-order valence-corrected chi connectivity index (χ4v) is 2.33. The maximum Gasteiger partial charge on any atom is 0.219 e. The molecule has 5 heteroatoms. The highest BCUT2D eigenvalue weighted by molar-refractivity contribution is 9.10. The number of nitrogens with one attached hydrogen (secondary N) is 1. The van der Waals surface area contributed by atoms with Gasteiger partial charge in [0, 0.05) is 17.1 Å². The lowest BCUT2D eigenvalue weighted by Crippen LogP contribution is -2.19. The van der Waals surface area contributed by atoms with Crippen molar-refractivity contribution >= 4 is 27.5 Å². The summed E-state index contributed by atoms with van der Waals surface area (Å²) >= 11 is 9.59. The lowest BCUT2D eigenvalue weighted by Gasteiger charge is -2.10. The number of halogens is 2. The third-order valence-corrected chi connectivity index (χ3v) is 3.59. The molecule has 0 saturated heterocycles. The molecule has 0 aliphatic rings. The van der Waals surface area contributed by atoms with Gasteiger partial charge in [0.15, 0.2) is 0 Å². The van der Waals surface area contributed by atoms with Gasteiger partial charge >= 0.3 is 0 Å². The standard InChI is InChI=1S/C16H18BrClN2O/c1-11(2)9-19-10-15-14(18)6-7-16(20-15)21-13-5-3-4-12(17)8-13/h3-8,11,19H,9-10H2,1-2H3. The minimum atomic E-state index is 0.541. The Hall–Kier alpha value is -1.10. The Kier molecular flexibility index (Phi) is 6.03. The van der Waals surface area contributed by atoms with Gasteiger partial charge < -0.3 is 10.1 Å². The van der Waals surface area contributed by atoms with Crippen LogP contribution in [0.15, 0.2) is 40.9 Å². The van der Waals surface area contributed by atoms with Crippen LogP contribution in [0, 0.1) is 5.92 Å². The molecule has 0 bridgehead atoms. The van der Waals surface area contributed by atoms with Gasteiger partial charge in [-0.1, -0.05) is 47.4 Å². The molecule has 0 fully saturated rings. The molecule has 0 saturated carbocycles. The predicted octanol–water partition coefficient (Wildman–Crippen LogP) is 5.04. The highest BCUT2D eigenvalue weighted by atomic mass is 79.9. The van der Waals surface area contributed by atoms with Crippen molar-refractivity contribution in [3.05, 3.63) is 51.6 Å². The summed E-state index contributed by atoms with van der Waals surface area (Å²) in [6.45, 7) is 5.88. The number of hydrogen-bond donors (Lipinski definition) is 1. The van der Waals surface area contributed by atoms with Gasteiger partial charge in [-0.25, -0.2) is 4.98 Å². The molecule has 1 N–H and O–H groups in total. The lowest BCUT2D eigenvalue weighted by molar-refractivity contribution is 0.458. The summed E-state index contributed by atoms with van der Waals surface area (Å²) in [7, 11) is 0. The van der Waals surface area contributed by atoms with E-state index >= 15 is 0 Å². The van der Waals surface area contributed by atoms with Gasteiger partial charge in [0.05, 0.1) is 10.7 Å². The predicted molar refractivity (Wildman–Crippen MR) is 90.0 cm³/mol. The van der Waals surface area contributed by atoms with Crippen molar-refractivity contribution in [3.63, 3.8) is 0 Å². The van der Waals surface area contributed by atoms with Crippen LogP contribution in [-0.4, -0.2) is 11.5 Å². The van der Waals surface area contributed by atoms with Crippen LogP contribution in [0.5, 0.6) is 11.6 Å². The quantitative estimate of drug-likeness (QED) is 0.775. The summed E-state index contributed by atoms with van der Waals surface area (Å²) in [6.07, 6.45) is 0. The van der Waals surface area contributed by atoms with Crippen LogP contribution in [0.2, 0.25) is 5.02 Å². The van der Waals surface area contributed by atoms with Gasteiger partial charge in [-0.2, -0.15) is 0 Å². The molecule has 0 aliphatic carbocycles. The zero-order valence-electron chi connectivity index (χ0n) is 12.1. The average Bonchev–Trinajstić information content (AvgIpc) is 2.42. The Morgan fingerprint density at radius 2 is 2.10 bits per heavy atom. The molecular formula is C16H18BrClN2O. The van der Waals surface area contributed by atoms with Crippen LogP contribution in [0.3, 0.4) is 0 Å². The molecule has 0 unspecified atom stereocenters. The SMILES string of the molecule is CC(C)CNCc1nc(Oc2cccc(Br)c2)ccc1Cl. The van der Waals surface area contributed by atoms with E-state index in [4.69, 9.17) is 16.3 Å². The first kappa shape index (κ1) is 16.3. The molecule has 21 heavy (non-hydrogen) atoms. The van der Waals surface area contributed by atoms with Crippen LogP contribution in [0.1, 0.15) is 19.5 Å². The number of rotatable bonds is 6. The van der Waals surface area contributed by atoms with Gasteiger partial charge in [-0.3, -0.25) is 0 Å². The Morgan fingerprint density at radius 1 is 1.29 bits per heavy atom. The van der Waals surface area contributed by atoms with Crippen molar-refractivity contribution in [1.29, 1.82) is 0 Å². The molecule has 2 rings (SSSR count). The van der Waals surface area contributed by atoms with Crippen molar-refractivity contribution in [2.75, 3.05) is 6.54 Å². The Balaban J connectivity index is 2.07. The molecule has 1 aromatic heterocycles. The molecule has 1 heterocycles. The highest BCUT2D eigenvalue weighted by Crippen LogP contribution is 2.25. The molecule has 0 spiro atoms. The molecule has 3 nitrogen and oxygen atoms in total. The minimum absolute atomic E-state index is 0.541. The van der Waals surface area contributed by atoms with E-state index in [9.17, 15) is 0 Å². The van der Waals surface area contributed by atoms with E-state index < -0.39 is 0 Å². The van der Waals surface area contributed by atoms with E-state index in [0.29, 0.717) is 23.4 Å². The first-order valence-electron chi connectivity index (χ1n) is 6.84. The number of aromatic nitrogens is 1. The van der Waals surface area contributed by atoms with Crippen LogP contribution in [0.25, 0.3) is 0 Å². The highest BCUT2D eigenvalue weighted by Gasteiger charge is 2.06. The molecule has 0 atom stereocenters. The monoisotopic (exact) mass is 368 g/mol. The van der Waals surface area contributed by atoms with E-state index in [1.165, 1.54) is 0 Å². The lowest BCUT2D eigenvalue weighted by atomic mass is 10.2. The molecule has 2 aromatic rings. The fraction of sp³-hybridized carbons (Fsp3) is 0.312. The van der Waals surface area contributed by atoms with Gasteiger partial charge in [-0.15, -0.1) is 0 Å². The summed E-state index contributed by atoms with van der Waals surface area (Å²) in [6, 6.07) is 11.2. The summed E-state index contributed by atoms with van der Waals surface area (Å²) in [4.78, 5) is 4.46. The third-order valence-electron chi connectivity index (χ3n) is 2.76. The van der Waals surface area contributed by atoms with Crippen LogP contribution >= 0.6 is 27.5 Å². The maximum absolute atomic E-state index is 6.17. The normalized spacial score (nSPS) is 10.9. The maximum atomic E-state index is 6.17. The first-order valence-corrected chi connectivity index (χ1v) is 8.01.